The van der Waals surface area contributed by atoms with E-state index in [1.807, 2.05) is 0 Å². The minimum atomic E-state index is -1.86. The largest absolute Gasteiger partial charge is 0.479 e. The molecule has 2 atom stereocenters. The maximum absolute atomic E-state index is 12.6. The molecule has 0 amide bonds. The number of aliphatic hydroxyl groups excluding tert-OH is 1. The van der Waals surface area contributed by atoms with Gasteiger partial charge >= 0.3 is 5.97 Å². The van der Waals surface area contributed by atoms with Crippen molar-refractivity contribution in [2.45, 2.75) is 12.0 Å². The number of hydrogen-bond acceptors (Lipinski definition) is 3. The topological polar surface area (TPSA) is 74.6 Å². The Morgan fingerprint density at radius 3 is 2.14 bits per heavy atom. The van der Waals surface area contributed by atoms with Crippen LogP contribution in [0.1, 0.15) is 21.8 Å². The van der Waals surface area contributed by atoms with Crippen LogP contribution in [0.5, 0.6) is 0 Å². The monoisotopic (exact) mass is 338 g/mol. The van der Waals surface area contributed by atoms with E-state index in [0.29, 0.717) is 5.56 Å². The average Bonchev–Trinajstić information content (AvgIpc) is 2.51. The third-order valence-corrected chi connectivity index (χ3v) is 3.95. The highest BCUT2D eigenvalue weighted by atomic mass is 35.5. The van der Waals surface area contributed by atoms with Gasteiger partial charge < -0.3 is 10.2 Å². The summed E-state index contributed by atoms with van der Waals surface area (Å²) in [5.74, 6) is -3.24. The molecule has 2 unspecified atom stereocenters. The Kier molecular flexibility index (Phi) is 5.19. The van der Waals surface area contributed by atoms with Crippen LogP contribution in [0.4, 0.5) is 0 Å². The summed E-state index contributed by atoms with van der Waals surface area (Å²) in [6.07, 6.45) is -1.86. The lowest BCUT2D eigenvalue weighted by Crippen LogP contribution is -2.33. The standard InChI is InChI=1S/C16H12Cl2O4/c17-11-7-6-10(8-12(11)18)14(19)13(15(20)16(21)22)9-4-2-1-3-5-9/h1-8,13,15,20H,(H,21,22). The van der Waals surface area contributed by atoms with E-state index in [9.17, 15) is 14.7 Å². The summed E-state index contributed by atoms with van der Waals surface area (Å²) in [7, 11) is 0. The minimum absolute atomic E-state index is 0.184. The van der Waals surface area contributed by atoms with Gasteiger partial charge in [-0.25, -0.2) is 4.79 Å². The maximum atomic E-state index is 12.6. The summed E-state index contributed by atoms with van der Waals surface area (Å²) < 4.78 is 0. The molecule has 4 nitrogen and oxygen atoms in total. The van der Waals surface area contributed by atoms with Gasteiger partial charge in [0.1, 0.15) is 0 Å². The molecule has 0 bridgehead atoms. The molecule has 0 heterocycles. The van der Waals surface area contributed by atoms with Crippen molar-refractivity contribution >= 4 is 35.0 Å². The minimum Gasteiger partial charge on any atom is -0.479 e. The zero-order valence-corrected chi connectivity index (χ0v) is 12.8. The average molecular weight is 339 g/mol. The van der Waals surface area contributed by atoms with Crippen LogP contribution in [-0.2, 0) is 4.79 Å². The molecule has 0 aliphatic heterocycles. The van der Waals surface area contributed by atoms with E-state index in [4.69, 9.17) is 28.3 Å². The van der Waals surface area contributed by atoms with Gasteiger partial charge in [-0.15, -0.1) is 0 Å². The number of carbonyl (C=O) groups excluding carboxylic acids is 1. The highest BCUT2D eigenvalue weighted by Gasteiger charge is 2.34. The van der Waals surface area contributed by atoms with E-state index in [0.717, 1.165) is 0 Å². The molecule has 0 spiro atoms. The number of hydrogen-bond donors (Lipinski definition) is 2. The predicted molar refractivity (Wildman–Crippen MR) is 83.6 cm³/mol. The van der Waals surface area contributed by atoms with Gasteiger partial charge in [-0.3, -0.25) is 4.79 Å². The molecular weight excluding hydrogens is 327 g/mol. The van der Waals surface area contributed by atoms with Crippen molar-refractivity contribution in [2.75, 3.05) is 0 Å². The predicted octanol–water partition coefficient (Wildman–Crippen LogP) is 3.41. The van der Waals surface area contributed by atoms with Gasteiger partial charge in [0.2, 0.25) is 0 Å². The van der Waals surface area contributed by atoms with Gasteiger partial charge in [0, 0.05) is 5.56 Å². The van der Waals surface area contributed by atoms with E-state index in [1.165, 1.54) is 18.2 Å². The number of carbonyl (C=O) groups is 2. The molecule has 0 aromatic heterocycles. The number of aliphatic hydroxyl groups is 1. The number of carboxylic acid groups (broad SMARTS) is 1. The fourth-order valence-corrected chi connectivity index (χ4v) is 2.41. The quantitative estimate of drug-likeness (QED) is 0.819. The van der Waals surface area contributed by atoms with Gasteiger partial charge in [-0.2, -0.15) is 0 Å². The number of aliphatic carboxylic acids is 1. The molecule has 2 aromatic rings. The third-order valence-electron chi connectivity index (χ3n) is 3.21. The Hall–Kier alpha value is -1.88. The summed E-state index contributed by atoms with van der Waals surface area (Å²) in [6, 6.07) is 12.5. The van der Waals surface area contributed by atoms with Crippen molar-refractivity contribution in [1.29, 1.82) is 0 Å². The first-order valence-electron chi connectivity index (χ1n) is 6.37. The Morgan fingerprint density at radius 1 is 0.955 bits per heavy atom. The normalized spacial score (nSPS) is 13.4. The van der Waals surface area contributed by atoms with E-state index < -0.39 is 23.8 Å². The number of carboxylic acids is 1. The van der Waals surface area contributed by atoms with Crippen LogP contribution in [0, 0.1) is 0 Å². The molecule has 6 heteroatoms. The number of rotatable bonds is 5. The van der Waals surface area contributed by atoms with Crippen molar-refractivity contribution in [3.8, 4) is 0 Å². The van der Waals surface area contributed by atoms with Crippen molar-refractivity contribution < 1.29 is 19.8 Å². The van der Waals surface area contributed by atoms with Gasteiger partial charge in [-0.1, -0.05) is 53.5 Å². The number of Topliss-reactive ketones (excluding diaryl/α,β-unsaturated/α-hetero) is 1. The van der Waals surface area contributed by atoms with Gasteiger partial charge in [0.05, 0.1) is 16.0 Å². The molecule has 0 radical (unpaired) electrons. The van der Waals surface area contributed by atoms with Gasteiger partial charge in [-0.05, 0) is 23.8 Å². The van der Waals surface area contributed by atoms with Crippen molar-refractivity contribution in [3.05, 3.63) is 69.7 Å². The molecule has 2 aromatic carbocycles. The van der Waals surface area contributed by atoms with E-state index >= 15 is 0 Å². The van der Waals surface area contributed by atoms with Gasteiger partial charge in [0.25, 0.3) is 0 Å². The molecule has 0 fully saturated rings. The Bertz CT molecular complexity index is 701. The summed E-state index contributed by atoms with van der Waals surface area (Å²) in [5.41, 5.74) is 0.594. The summed E-state index contributed by atoms with van der Waals surface area (Å²) in [6.45, 7) is 0. The third kappa shape index (κ3) is 3.47. The Balaban J connectivity index is 2.46. The SMILES string of the molecule is O=C(O)C(O)C(C(=O)c1ccc(Cl)c(Cl)c1)c1ccccc1. The fraction of sp³-hybridized carbons (Fsp3) is 0.125. The van der Waals surface area contributed by atoms with Crippen LogP contribution in [-0.4, -0.2) is 28.1 Å². The van der Waals surface area contributed by atoms with Crippen LogP contribution < -0.4 is 0 Å². The zero-order valence-electron chi connectivity index (χ0n) is 11.2. The van der Waals surface area contributed by atoms with E-state index in [1.54, 1.807) is 30.3 Å². The molecular formula is C16H12Cl2O4. The lowest BCUT2D eigenvalue weighted by Gasteiger charge is -2.19. The second-order valence-corrected chi connectivity index (χ2v) is 5.48. The van der Waals surface area contributed by atoms with Crippen LogP contribution in [0.2, 0.25) is 10.0 Å². The second-order valence-electron chi connectivity index (χ2n) is 4.66. The fourth-order valence-electron chi connectivity index (χ4n) is 2.11. The number of benzene rings is 2. The van der Waals surface area contributed by atoms with Crippen LogP contribution in [0.15, 0.2) is 48.5 Å². The number of ketones is 1. The summed E-state index contributed by atoms with van der Waals surface area (Å²) in [5, 5.41) is 19.4. The molecule has 0 aliphatic carbocycles. The zero-order chi connectivity index (χ0) is 16.3. The van der Waals surface area contributed by atoms with Crippen molar-refractivity contribution in [2.24, 2.45) is 0 Å². The molecule has 0 saturated carbocycles. The summed E-state index contributed by atoms with van der Waals surface area (Å²) in [4.78, 5) is 23.8. The summed E-state index contributed by atoms with van der Waals surface area (Å²) >= 11 is 11.7. The maximum Gasteiger partial charge on any atom is 0.333 e. The highest BCUT2D eigenvalue weighted by Crippen LogP contribution is 2.28. The molecule has 114 valence electrons. The molecule has 0 saturated heterocycles. The lowest BCUT2D eigenvalue weighted by atomic mass is 9.86. The van der Waals surface area contributed by atoms with Crippen molar-refractivity contribution in [3.63, 3.8) is 0 Å². The van der Waals surface area contributed by atoms with Crippen LogP contribution >= 0.6 is 23.2 Å². The lowest BCUT2D eigenvalue weighted by molar-refractivity contribution is -0.147. The van der Waals surface area contributed by atoms with E-state index in [2.05, 4.69) is 0 Å². The Morgan fingerprint density at radius 2 is 1.59 bits per heavy atom. The first kappa shape index (κ1) is 16.5. The molecule has 0 aliphatic rings. The van der Waals surface area contributed by atoms with E-state index in [-0.39, 0.29) is 15.6 Å². The molecule has 2 N–H and O–H groups in total. The van der Waals surface area contributed by atoms with Crippen molar-refractivity contribution in [1.82, 2.24) is 0 Å². The number of halogens is 2. The Labute approximate surface area is 136 Å². The van der Waals surface area contributed by atoms with Crippen LogP contribution in [0.25, 0.3) is 0 Å². The second kappa shape index (κ2) is 6.92. The molecule has 2 rings (SSSR count). The smallest absolute Gasteiger partial charge is 0.333 e. The highest BCUT2D eigenvalue weighted by molar-refractivity contribution is 6.42. The molecule has 22 heavy (non-hydrogen) atoms. The first-order chi connectivity index (χ1) is 10.4. The van der Waals surface area contributed by atoms with Gasteiger partial charge in [0.15, 0.2) is 11.9 Å². The first-order valence-corrected chi connectivity index (χ1v) is 7.12. The van der Waals surface area contributed by atoms with Crippen LogP contribution in [0.3, 0.4) is 0 Å².